The van der Waals surface area contributed by atoms with Gasteiger partial charge in [-0.3, -0.25) is 14.9 Å². The number of aromatic nitrogens is 1. The van der Waals surface area contributed by atoms with Gasteiger partial charge in [-0.1, -0.05) is 6.07 Å². The molecule has 0 radical (unpaired) electrons. The van der Waals surface area contributed by atoms with Gasteiger partial charge < -0.3 is 19.7 Å². The smallest absolute Gasteiger partial charge is 0.338 e. The van der Waals surface area contributed by atoms with Crippen LogP contribution in [0.5, 0.6) is 0 Å². The third-order valence-electron chi connectivity index (χ3n) is 4.50. The quantitative estimate of drug-likeness (QED) is 0.414. The molecule has 2 aromatic rings. The van der Waals surface area contributed by atoms with E-state index in [0.717, 1.165) is 36.6 Å². The molecule has 10 heteroatoms. The monoisotopic (exact) mass is 414 g/mol. The molecule has 0 bridgehead atoms. The lowest BCUT2D eigenvalue weighted by molar-refractivity contribution is -0.384. The summed E-state index contributed by atoms with van der Waals surface area (Å²) in [5.41, 5.74) is 0.372. The van der Waals surface area contributed by atoms with Crippen LogP contribution in [0.15, 0.2) is 36.5 Å². The first-order valence-corrected chi connectivity index (χ1v) is 9.50. The number of carbonyl (C=O) groups is 2. The van der Waals surface area contributed by atoms with E-state index in [1.54, 1.807) is 13.1 Å². The van der Waals surface area contributed by atoms with Crippen molar-refractivity contribution in [2.24, 2.45) is 0 Å². The van der Waals surface area contributed by atoms with E-state index in [0.29, 0.717) is 13.2 Å². The van der Waals surface area contributed by atoms with E-state index in [9.17, 15) is 19.7 Å². The number of nitrogens with zero attached hydrogens (tertiary/aromatic N) is 3. The highest BCUT2D eigenvalue weighted by Crippen LogP contribution is 2.19. The zero-order valence-corrected chi connectivity index (χ0v) is 16.5. The largest absolute Gasteiger partial charge is 0.462 e. The molecule has 1 amide bonds. The van der Waals surface area contributed by atoms with Crippen molar-refractivity contribution in [1.29, 1.82) is 0 Å². The number of nitrogens with one attached hydrogen (secondary N) is 1. The van der Waals surface area contributed by atoms with Gasteiger partial charge in [-0.25, -0.2) is 9.78 Å². The van der Waals surface area contributed by atoms with Crippen molar-refractivity contribution in [3.8, 4) is 0 Å². The van der Waals surface area contributed by atoms with Crippen molar-refractivity contribution >= 4 is 23.4 Å². The van der Waals surface area contributed by atoms with Gasteiger partial charge in [0.05, 0.1) is 30.3 Å². The number of amides is 1. The number of non-ortho nitro benzene ring substituents is 1. The van der Waals surface area contributed by atoms with Gasteiger partial charge >= 0.3 is 5.97 Å². The second kappa shape index (κ2) is 9.79. The van der Waals surface area contributed by atoms with Crippen LogP contribution in [0.2, 0.25) is 0 Å². The molecule has 1 fully saturated rings. The lowest BCUT2D eigenvalue weighted by Crippen LogP contribution is -2.36. The Morgan fingerprint density at radius 2 is 1.97 bits per heavy atom. The maximum absolute atomic E-state index is 12.5. The van der Waals surface area contributed by atoms with Crippen LogP contribution in [0.25, 0.3) is 0 Å². The Bertz CT molecular complexity index is 925. The minimum atomic E-state index is -0.724. The fourth-order valence-corrected chi connectivity index (χ4v) is 2.97. The Balaban J connectivity index is 1.67. The molecule has 1 aliphatic rings. The summed E-state index contributed by atoms with van der Waals surface area (Å²) in [4.78, 5) is 41.5. The molecule has 3 rings (SSSR count). The van der Waals surface area contributed by atoms with E-state index in [1.807, 2.05) is 12.1 Å². The number of pyridine rings is 1. The van der Waals surface area contributed by atoms with Crippen molar-refractivity contribution in [1.82, 2.24) is 10.3 Å². The predicted octanol–water partition coefficient (Wildman–Crippen LogP) is 1.93. The molecule has 0 saturated carbocycles. The molecule has 1 saturated heterocycles. The maximum Gasteiger partial charge on any atom is 0.338 e. The van der Waals surface area contributed by atoms with E-state index in [4.69, 9.17) is 9.47 Å². The average molecular weight is 414 g/mol. The van der Waals surface area contributed by atoms with E-state index in [2.05, 4.69) is 15.2 Å². The summed E-state index contributed by atoms with van der Waals surface area (Å²) in [5, 5.41) is 13.8. The molecule has 2 heterocycles. The fraction of sp³-hybridized carbons (Fsp3) is 0.350. The second-order valence-electron chi connectivity index (χ2n) is 6.55. The van der Waals surface area contributed by atoms with Crippen LogP contribution < -0.4 is 10.2 Å². The Morgan fingerprint density at radius 3 is 2.60 bits per heavy atom. The van der Waals surface area contributed by atoms with Crippen LogP contribution in [0.1, 0.15) is 33.2 Å². The minimum absolute atomic E-state index is 0.00477. The zero-order chi connectivity index (χ0) is 21.5. The van der Waals surface area contributed by atoms with Crippen LogP contribution in [-0.2, 0) is 16.0 Å². The van der Waals surface area contributed by atoms with Gasteiger partial charge in [-0.05, 0) is 24.6 Å². The summed E-state index contributed by atoms with van der Waals surface area (Å²) in [6.45, 7) is 4.81. The number of hydrogen-bond acceptors (Lipinski definition) is 8. The van der Waals surface area contributed by atoms with Crippen molar-refractivity contribution in [2.75, 3.05) is 37.8 Å². The first-order valence-electron chi connectivity index (χ1n) is 9.50. The van der Waals surface area contributed by atoms with E-state index in [-0.39, 0.29) is 30.0 Å². The molecule has 0 unspecified atom stereocenters. The zero-order valence-electron chi connectivity index (χ0n) is 16.5. The van der Waals surface area contributed by atoms with Crippen LogP contribution in [0, 0.1) is 10.1 Å². The Hall–Kier alpha value is -3.53. The number of ether oxygens (including phenoxy) is 2. The first-order chi connectivity index (χ1) is 14.5. The van der Waals surface area contributed by atoms with E-state index < -0.39 is 16.8 Å². The number of rotatable bonds is 7. The number of hydrogen-bond donors (Lipinski definition) is 1. The SMILES string of the molecule is CCOC(=O)c1cc(C(=O)NCc2ccc(N3CCOCC3)nc2)cc([N+](=O)[O-])c1. The summed E-state index contributed by atoms with van der Waals surface area (Å²) in [5.74, 6) is -0.425. The number of anilines is 1. The highest BCUT2D eigenvalue weighted by Gasteiger charge is 2.19. The number of carbonyl (C=O) groups excluding carboxylic acids is 2. The molecule has 158 valence electrons. The second-order valence-corrected chi connectivity index (χ2v) is 6.55. The van der Waals surface area contributed by atoms with Gasteiger partial charge in [-0.15, -0.1) is 0 Å². The number of benzene rings is 1. The lowest BCUT2D eigenvalue weighted by Gasteiger charge is -2.27. The van der Waals surface area contributed by atoms with Gasteiger partial charge in [0.25, 0.3) is 11.6 Å². The molecule has 1 aromatic heterocycles. The number of esters is 1. The maximum atomic E-state index is 12.5. The first kappa shape index (κ1) is 21.2. The Labute approximate surface area is 172 Å². The molecule has 30 heavy (non-hydrogen) atoms. The standard InChI is InChI=1S/C20H22N4O6/c1-2-30-20(26)16-9-15(10-17(11-16)24(27)28)19(25)22-13-14-3-4-18(21-12-14)23-5-7-29-8-6-23/h3-4,9-12H,2,5-8,13H2,1H3,(H,22,25). The summed E-state index contributed by atoms with van der Waals surface area (Å²) >= 11 is 0. The predicted molar refractivity (Wildman–Crippen MR) is 107 cm³/mol. The van der Waals surface area contributed by atoms with Gasteiger partial charge in [0.15, 0.2) is 0 Å². The molecular formula is C20H22N4O6. The molecular weight excluding hydrogens is 392 g/mol. The summed E-state index contributed by atoms with van der Waals surface area (Å²) in [6.07, 6.45) is 1.67. The molecule has 0 spiro atoms. The average Bonchev–Trinajstić information content (AvgIpc) is 2.78. The lowest BCUT2D eigenvalue weighted by atomic mass is 10.1. The molecule has 0 atom stereocenters. The minimum Gasteiger partial charge on any atom is -0.462 e. The van der Waals surface area contributed by atoms with E-state index >= 15 is 0 Å². The van der Waals surface area contributed by atoms with Crippen LogP contribution in [0.4, 0.5) is 11.5 Å². The van der Waals surface area contributed by atoms with Crippen LogP contribution in [-0.4, -0.2) is 54.7 Å². The summed E-state index contributed by atoms with van der Waals surface area (Å²) < 4.78 is 10.2. The Morgan fingerprint density at radius 1 is 1.23 bits per heavy atom. The van der Waals surface area contributed by atoms with Crippen LogP contribution >= 0.6 is 0 Å². The van der Waals surface area contributed by atoms with Gasteiger partial charge in [0.2, 0.25) is 0 Å². The number of nitro groups is 1. The number of morpholine rings is 1. The third kappa shape index (κ3) is 5.29. The molecule has 10 nitrogen and oxygen atoms in total. The normalized spacial score (nSPS) is 13.6. The molecule has 0 aliphatic carbocycles. The molecule has 1 aliphatic heterocycles. The van der Waals surface area contributed by atoms with Crippen LogP contribution in [0.3, 0.4) is 0 Å². The van der Waals surface area contributed by atoms with E-state index in [1.165, 1.54) is 6.07 Å². The van der Waals surface area contributed by atoms with Crippen molar-refractivity contribution in [3.63, 3.8) is 0 Å². The van der Waals surface area contributed by atoms with Gasteiger partial charge in [0.1, 0.15) is 5.82 Å². The highest BCUT2D eigenvalue weighted by molar-refractivity contribution is 5.99. The van der Waals surface area contributed by atoms with Crippen molar-refractivity contribution in [2.45, 2.75) is 13.5 Å². The molecule has 1 aromatic carbocycles. The number of nitro benzene ring substituents is 1. The van der Waals surface area contributed by atoms with Crippen molar-refractivity contribution in [3.05, 3.63) is 63.3 Å². The Kier molecular flexibility index (Phi) is 6.91. The third-order valence-corrected chi connectivity index (χ3v) is 4.50. The van der Waals surface area contributed by atoms with Crippen molar-refractivity contribution < 1.29 is 24.0 Å². The summed E-state index contributed by atoms with van der Waals surface area (Å²) in [7, 11) is 0. The fourth-order valence-electron chi connectivity index (χ4n) is 2.97. The topological polar surface area (TPSA) is 124 Å². The van der Waals surface area contributed by atoms with Gasteiger partial charge in [-0.2, -0.15) is 0 Å². The highest BCUT2D eigenvalue weighted by atomic mass is 16.6. The molecule has 1 N–H and O–H groups in total. The van der Waals surface area contributed by atoms with Gasteiger partial charge in [0, 0.05) is 43.5 Å². The summed E-state index contributed by atoms with van der Waals surface area (Å²) in [6, 6.07) is 7.22.